The number of nitrogens with zero attached hydrogens (tertiary/aromatic N) is 2. The van der Waals surface area contributed by atoms with E-state index in [0.717, 1.165) is 50.2 Å². The van der Waals surface area contributed by atoms with Crippen molar-refractivity contribution < 1.29 is 10.2 Å². The molecule has 2 heterocycles. The third kappa shape index (κ3) is 2.54. The Bertz CT molecular complexity index is 477. The van der Waals surface area contributed by atoms with E-state index < -0.39 is 11.7 Å². The minimum Gasteiger partial charge on any atom is -0.389 e. The number of rotatable bonds is 2. The summed E-state index contributed by atoms with van der Waals surface area (Å²) in [6.07, 6.45) is 6.57. The second-order valence-electron chi connectivity index (χ2n) is 6.37. The van der Waals surface area contributed by atoms with Crippen LogP contribution < -0.4 is 4.90 Å². The van der Waals surface area contributed by atoms with Gasteiger partial charge in [-0.05, 0) is 43.9 Å². The van der Waals surface area contributed by atoms with Crippen LogP contribution in [0.5, 0.6) is 0 Å². The molecule has 4 nitrogen and oxygen atoms in total. The molecule has 2 unspecified atom stereocenters. The molecule has 0 aromatic carbocycles. The van der Waals surface area contributed by atoms with E-state index in [9.17, 15) is 10.2 Å². The van der Waals surface area contributed by atoms with Gasteiger partial charge >= 0.3 is 0 Å². The summed E-state index contributed by atoms with van der Waals surface area (Å²) in [4.78, 5) is 6.70. The lowest BCUT2D eigenvalue weighted by molar-refractivity contribution is -0.0613. The Morgan fingerprint density at radius 1 is 1.40 bits per heavy atom. The van der Waals surface area contributed by atoms with E-state index in [4.69, 9.17) is 0 Å². The Labute approximate surface area is 120 Å². The Balaban J connectivity index is 1.77. The fourth-order valence-corrected chi connectivity index (χ4v) is 3.65. The maximum atomic E-state index is 10.7. The van der Waals surface area contributed by atoms with Crippen LogP contribution in [0, 0.1) is 5.92 Å². The van der Waals surface area contributed by atoms with Crippen molar-refractivity contribution in [3.05, 3.63) is 23.9 Å². The molecule has 20 heavy (non-hydrogen) atoms. The fraction of sp³-hybridized carbons (Fsp3) is 0.688. The Morgan fingerprint density at radius 2 is 2.25 bits per heavy atom. The zero-order chi connectivity index (χ0) is 14.2. The third-order valence-corrected chi connectivity index (χ3v) is 5.00. The number of hydrogen-bond acceptors (Lipinski definition) is 4. The van der Waals surface area contributed by atoms with Gasteiger partial charge in [-0.3, -0.25) is 0 Å². The van der Waals surface area contributed by atoms with Crippen LogP contribution in [0.15, 0.2) is 18.3 Å². The van der Waals surface area contributed by atoms with Gasteiger partial charge in [-0.15, -0.1) is 0 Å². The largest absolute Gasteiger partial charge is 0.389 e. The number of aliphatic hydroxyl groups excluding tert-OH is 1. The lowest BCUT2D eigenvalue weighted by atomic mass is 9.71. The molecule has 3 atom stereocenters. The summed E-state index contributed by atoms with van der Waals surface area (Å²) in [6, 6.07) is 3.83. The maximum Gasteiger partial charge on any atom is 0.128 e. The molecule has 0 bridgehead atoms. The summed E-state index contributed by atoms with van der Waals surface area (Å²) in [5.41, 5.74) is 0.455. The van der Waals surface area contributed by atoms with Crippen molar-refractivity contribution in [3.8, 4) is 0 Å². The van der Waals surface area contributed by atoms with Crippen LogP contribution in [0.2, 0.25) is 0 Å². The standard InChI is InChI=1S/C16H24N2O2/c1-12(19)13-5-8-17-15(10-13)18-9-7-16(20)6-3-2-4-14(16)11-18/h5,8,10,12,14,19-20H,2-4,6-7,9,11H2,1H3/t12-,14?,16?/m1/s1. The molecule has 2 fully saturated rings. The van der Waals surface area contributed by atoms with Gasteiger partial charge in [0.05, 0.1) is 11.7 Å². The van der Waals surface area contributed by atoms with Crippen molar-refractivity contribution >= 4 is 5.82 Å². The molecule has 0 spiro atoms. The highest BCUT2D eigenvalue weighted by Crippen LogP contribution is 2.40. The van der Waals surface area contributed by atoms with E-state index in [1.54, 1.807) is 13.1 Å². The molecule has 0 amide bonds. The average molecular weight is 276 g/mol. The molecule has 2 aliphatic rings. The first-order valence-corrected chi connectivity index (χ1v) is 7.70. The molecule has 1 aromatic rings. The Hall–Kier alpha value is -1.13. The molecule has 2 N–H and O–H groups in total. The van der Waals surface area contributed by atoms with Crippen molar-refractivity contribution in [2.75, 3.05) is 18.0 Å². The molecule has 110 valence electrons. The maximum absolute atomic E-state index is 10.7. The predicted octanol–water partition coefficient (Wildman–Crippen LogP) is 2.27. The molecule has 4 heteroatoms. The number of piperidine rings is 1. The summed E-state index contributed by atoms with van der Waals surface area (Å²) in [5.74, 6) is 1.29. The molecule has 1 aliphatic heterocycles. The van der Waals surface area contributed by atoms with Crippen molar-refractivity contribution in [1.82, 2.24) is 4.98 Å². The Morgan fingerprint density at radius 3 is 3.05 bits per heavy atom. The highest BCUT2D eigenvalue weighted by Gasteiger charge is 2.42. The van der Waals surface area contributed by atoms with Crippen LogP contribution in [0.3, 0.4) is 0 Å². The molecule has 1 saturated carbocycles. The summed E-state index contributed by atoms with van der Waals surface area (Å²) in [6.45, 7) is 3.51. The first kappa shape index (κ1) is 13.8. The van der Waals surface area contributed by atoms with Gasteiger partial charge in [0.25, 0.3) is 0 Å². The quantitative estimate of drug-likeness (QED) is 0.870. The van der Waals surface area contributed by atoms with Crippen LogP contribution in [0.1, 0.15) is 50.7 Å². The van der Waals surface area contributed by atoms with E-state index in [1.807, 2.05) is 12.1 Å². The third-order valence-electron chi connectivity index (χ3n) is 5.00. The van der Waals surface area contributed by atoms with Gasteiger partial charge in [0, 0.05) is 25.2 Å². The lowest BCUT2D eigenvalue weighted by Crippen LogP contribution is -2.53. The number of aliphatic hydroxyl groups is 2. The monoisotopic (exact) mass is 276 g/mol. The van der Waals surface area contributed by atoms with E-state index in [2.05, 4.69) is 9.88 Å². The smallest absolute Gasteiger partial charge is 0.128 e. The molecule has 1 aliphatic carbocycles. The van der Waals surface area contributed by atoms with E-state index in [-0.39, 0.29) is 0 Å². The van der Waals surface area contributed by atoms with Gasteiger partial charge in [0.1, 0.15) is 5.82 Å². The lowest BCUT2D eigenvalue weighted by Gasteiger charge is -2.47. The zero-order valence-corrected chi connectivity index (χ0v) is 12.1. The molecule has 1 saturated heterocycles. The minimum atomic E-state index is -0.465. The van der Waals surface area contributed by atoms with Crippen LogP contribution in [-0.2, 0) is 0 Å². The van der Waals surface area contributed by atoms with Gasteiger partial charge in [-0.2, -0.15) is 0 Å². The first-order valence-electron chi connectivity index (χ1n) is 7.70. The Kier molecular flexibility index (Phi) is 3.69. The van der Waals surface area contributed by atoms with Gasteiger partial charge in [-0.25, -0.2) is 4.98 Å². The van der Waals surface area contributed by atoms with Gasteiger partial charge in [-0.1, -0.05) is 12.8 Å². The van der Waals surface area contributed by atoms with Crippen molar-refractivity contribution in [3.63, 3.8) is 0 Å². The summed E-state index contributed by atoms with van der Waals surface area (Å²) < 4.78 is 0. The molecule has 0 radical (unpaired) electrons. The number of hydrogen-bond donors (Lipinski definition) is 2. The SMILES string of the molecule is C[C@@H](O)c1ccnc(N2CCC3(O)CCCCC3C2)c1. The second kappa shape index (κ2) is 5.34. The van der Waals surface area contributed by atoms with Gasteiger partial charge < -0.3 is 15.1 Å². The summed E-state index contributed by atoms with van der Waals surface area (Å²) in [7, 11) is 0. The minimum absolute atomic E-state index is 0.363. The topological polar surface area (TPSA) is 56.6 Å². The number of aromatic nitrogens is 1. The van der Waals surface area contributed by atoms with Crippen LogP contribution >= 0.6 is 0 Å². The van der Waals surface area contributed by atoms with E-state index in [1.165, 1.54) is 6.42 Å². The van der Waals surface area contributed by atoms with Gasteiger partial charge in [0.2, 0.25) is 0 Å². The normalized spacial score (nSPS) is 31.8. The summed E-state index contributed by atoms with van der Waals surface area (Å²) in [5, 5.41) is 20.4. The van der Waals surface area contributed by atoms with Crippen molar-refractivity contribution in [2.24, 2.45) is 5.92 Å². The van der Waals surface area contributed by atoms with Crippen molar-refractivity contribution in [2.45, 2.75) is 50.7 Å². The molecular weight excluding hydrogens is 252 g/mol. The predicted molar refractivity (Wildman–Crippen MR) is 78.6 cm³/mol. The van der Waals surface area contributed by atoms with Crippen LogP contribution in [0.4, 0.5) is 5.82 Å². The summed E-state index contributed by atoms with van der Waals surface area (Å²) >= 11 is 0. The van der Waals surface area contributed by atoms with Crippen LogP contribution in [0.25, 0.3) is 0 Å². The number of pyridine rings is 1. The van der Waals surface area contributed by atoms with Gasteiger partial charge in [0.15, 0.2) is 0 Å². The molecule has 1 aromatic heterocycles. The van der Waals surface area contributed by atoms with E-state index >= 15 is 0 Å². The van der Waals surface area contributed by atoms with Crippen LogP contribution in [-0.4, -0.2) is 33.9 Å². The molecule has 3 rings (SSSR count). The second-order valence-corrected chi connectivity index (χ2v) is 6.37. The first-order chi connectivity index (χ1) is 9.58. The highest BCUT2D eigenvalue weighted by molar-refractivity contribution is 5.42. The van der Waals surface area contributed by atoms with E-state index in [0.29, 0.717) is 5.92 Å². The number of anilines is 1. The number of fused-ring (bicyclic) bond motifs is 1. The fourth-order valence-electron chi connectivity index (χ4n) is 3.65. The average Bonchev–Trinajstić information content (AvgIpc) is 2.46. The zero-order valence-electron chi connectivity index (χ0n) is 12.1. The van der Waals surface area contributed by atoms with Crippen molar-refractivity contribution in [1.29, 1.82) is 0 Å². The molecular formula is C16H24N2O2. The highest BCUT2D eigenvalue weighted by atomic mass is 16.3.